The van der Waals surface area contributed by atoms with Crippen molar-refractivity contribution in [1.29, 1.82) is 0 Å². The zero-order chi connectivity index (χ0) is 19.6. The number of rotatable bonds is 3. The number of allylic oxidation sites excluding steroid dienone is 2. The molecule has 9 heteroatoms. The van der Waals surface area contributed by atoms with Gasteiger partial charge in [0.2, 0.25) is 0 Å². The molecule has 0 atom stereocenters. The molecule has 2 aromatic rings. The number of nitrogens with zero attached hydrogens (tertiary/aromatic N) is 4. The molecule has 1 fully saturated rings. The molecule has 0 unspecified atom stereocenters. The van der Waals surface area contributed by atoms with Gasteiger partial charge >= 0.3 is 0 Å². The Morgan fingerprint density at radius 3 is 2.37 bits per heavy atom. The summed E-state index contributed by atoms with van der Waals surface area (Å²) in [5, 5.41) is 5.60. The summed E-state index contributed by atoms with van der Waals surface area (Å²) >= 11 is 6.08. The summed E-state index contributed by atoms with van der Waals surface area (Å²) in [5.74, 6) is 0.216. The molecule has 2 heterocycles. The molecule has 0 bridgehead atoms. The summed E-state index contributed by atoms with van der Waals surface area (Å²) < 4.78 is 1.20. The molecule has 27 heavy (non-hydrogen) atoms. The largest absolute Gasteiger partial charge is 0.405 e. The monoisotopic (exact) mass is 388 g/mol. The van der Waals surface area contributed by atoms with E-state index in [-0.39, 0.29) is 17.2 Å². The number of fused-ring (bicyclic) bond motifs is 1. The van der Waals surface area contributed by atoms with E-state index in [0.29, 0.717) is 47.8 Å². The van der Waals surface area contributed by atoms with E-state index in [1.54, 1.807) is 36.2 Å². The fourth-order valence-corrected chi connectivity index (χ4v) is 3.27. The summed E-state index contributed by atoms with van der Waals surface area (Å²) in [5.41, 5.74) is 11.4. The lowest BCUT2D eigenvalue weighted by atomic mass is 10.1. The Labute approximate surface area is 161 Å². The Balaban J connectivity index is 1.83. The van der Waals surface area contributed by atoms with Gasteiger partial charge in [-0.1, -0.05) is 29.8 Å². The Morgan fingerprint density at radius 2 is 1.74 bits per heavy atom. The van der Waals surface area contributed by atoms with Crippen LogP contribution >= 0.6 is 11.6 Å². The Morgan fingerprint density at radius 1 is 1.15 bits per heavy atom. The maximum absolute atomic E-state index is 13.0. The van der Waals surface area contributed by atoms with Crippen LogP contribution in [0.25, 0.3) is 10.8 Å². The number of amides is 1. The highest BCUT2D eigenvalue weighted by Crippen LogP contribution is 2.18. The van der Waals surface area contributed by atoms with Gasteiger partial charge in [0.15, 0.2) is 5.69 Å². The number of piperazine rings is 1. The first-order valence-corrected chi connectivity index (χ1v) is 8.85. The third kappa shape index (κ3) is 3.61. The molecular weight excluding hydrogens is 368 g/mol. The van der Waals surface area contributed by atoms with Crippen molar-refractivity contribution in [3.05, 3.63) is 63.4 Å². The van der Waals surface area contributed by atoms with E-state index in [1.165, 1.54) is 17.0 Å². The van der Waals surface area contributed by atoms with Crippen LogP contribution in [0.4, 0.5) is 0 Å². The molecule has 3 rings (SSSR count). The number of nitrogens with two attached hydrogens (primary N) is 2. The Hall–Kier alpha value is -3.00. The summed E-state index contributed by atoms with van der Waals surface area (Å²) in [6, 6.07) is 7.00. The van der Waals surface area contributed by atoms with E-state index >= 15 is 0 Å². The van der Waals surface area contributed by atoms with E-state index < -0.39 is 0 Å². The van der Waals surface area contributed by atoms with Crippen molar-refractivity contribution >= 4 is 28.3 Å². The lowest BCUT2D eigenvalue weighted by molar-refractivity contribution is 0.0662. The molecule has 1 aliphatic rings. The van der Waals surface area contributed by atoms with Gasteiger partial charge in [0.05, 0.1) is 10.4 Å². The average molecular weight is 389 g/mol. The minimum Gasteiger partial charge on any atom is -0.405 e. The molecule has 8 nitrogen and oxygen atoms in total. The number of aryl methyl sites for hydroxylation is 1. The van der Waals surface area contributed by atoms with Crippen LogP contribution in [0, 0.1) is 0 Å². The van der Waals surface area contributed by atoms with Gasteiger partial charge in [0.25, 0.3) is 11.5 Å². The second-order valence-electron chi connectivity index (χ2n) is 6.19. The van der Waals surface area contributed by atoms with Crippen molar-refractivity contribution in [3.8, 4) is 0 Å². The number of benzene rings is 1. The minimum atomic E-state index is -0.229. The molecule has 0 spiro atoms. The standard InChI is InChI=1S/C18H21ClN6O2/c1-23-17(26)13-5-3-2-4-12(13)15(22-23)18(27)25-10-8-24(9-11-25)16(21)14(19)6-7-20/h2-7H,8-11,20-21H2,1H3/b7-6-,16-14-. The van der Waals surface area contributed by atoms with Crippen molar-refractivity contribution < 1.29 is 4.79 Å². The van der Waals surface area contributed by atoms with Crippen LogP contribution in [0.1, 0.15) is 10.5 Å². The number of halogens is 1. The fraction of sp³-hybridized carbons (Fsp3) is 0.278. The fourth-order valence-electron chi connectivity index (χ4n) is 3.08. The normalized spacial score (nSPS) is 16.1. The van der Waals surface area contributed by atoms with Crippen LogP contribution in [-0.4, -0.2) is 51.7 Å². The highest BCUT2D eigenvalue weighted by molar-refractivity contribution is 6.31. The van der Waals surface area contributed by atoms with Crippen LogP contribution in [0.15, 0.2) is 52.2 Å². The zero-order valence-electron chi connectivity index (χ0n) is 14.9. The third-order valence-corrected chi connectivity index (χ3v) is 4.87. The minimum absolute atomic E-state index is 0.211. The van der Waals surface area contributed by atoms with E-state index in [4.69, 9.17) is 23.1 Å². The lowest BCUT2D eigenvalue weighted by Gasteiger charge is -2.36. The first-order chi connectivity index (χ1) is 12.9. The Bertz CT molecular complexity index is 989. The number of carbonyl (C=O) groups excluding carboxylic acids is 1. The quantitative estimate of drug-likeness (QED) is 0.742. The smallest absolute Gasteiger partial charge is 0.275 e. The summed E-state index contributed by atoms with van der Waals surface area (Å²) in [6.07, 6.45) is 2.85. The van der Waals surface area contributed by atoms with Crippen LogP contribution in [0.5, 0.6) is 0 Å². The van der Waals surface area contributed by atoms with Gasteiger partial charge in [-0.2, -0.15) is 5.10 Å². The molecule has 0 saturated carbocycles. The topological polar surface area (TPSA) is 110 Å². The van der Waals surface area contributed by atoms with Gasteiger partial charge in [-0.3, -0.25) is 9.59 Å². The van der Waals surface area contributed by atoms with Gasteiger partial charge in [-0.05, 0) is 18.3 Å². The van der Waals surface area contributed by atoms with E-state index in [0.717, 1.165) is 0 Å². The van der Waals surface area contributed by atoms with Crippen LogP contribution in [0.2, 0.25) is 0 Å². The molecule has 1 aromatic carbocycles. The van der Waals surface area contributed by atoms with Crippen LogP contribution in [-0.2, 0) is 7.05 Å². The average Bonchev–Trinajstić information content (AvgIpc) is 2.70. The van der Waals surface area contributed by atoms with Crippen LogP contribution < -0.4 is 17.0 Å². The molecule has 1 aliphatic heterocycles. The molecule has 0 aliphatic carbocycles. The van der Waals surface area contributed by atoms with Crippen molar-refractivity contribution in [3.63, 3.8) is 0 Å². The molecule has 1 amide bonds. The second kappa shape index (κ2) is 7.71. The highest BCUT2D eigenvalue weighted by atomic mass is 35.5. The van der Waals surface area contributed by atoms with Crippen molar-refractivity contribution in [2.75, 3.05) is 26.2 Å². The van der Waals surface area contributed by atoms with Crippen molar-refractivity contribution in [1.82, 2.24) is 19.6 Å². The van der Waals surface area contributed by atoms with Gasteiger partial charge in [0.1, 0.15) is 5.82 Å². The van der Waals surface area contributed by atoms with Crippen molar-refractivity contribution in [2.45, 2.75) is 0 Å². The maximum Gasteiger partial charge on any atom is 0.275 e. The van der Waals surface area contributed by atoms with E-state index in [2.05, 4.69) is 5.10 Å². The number of carbonyl (C=O) groups is 1. The predicted octanol–water partition coefficient (Wildman–Crippen LogP) is 0.530. The van der Waals surface area contributed by atoms with Gasteiger partial charge < -0.3 is 21.3 Å². The number of hydrogen-bond acceptors (Lipinski definition) is 6. The first kappa shape index (κ1) is 18.8. The first-order valence-electron chi connectivity index (χ1n) is 8.48. The van der Waals surface area contributed by atoms with E-state index in [9.17, 15) is 9.59 Å². The second-order valence-corrected chi connectivity index (χ2v) is 6.60. The number of hydrogen-bond donors (Lipinski definition) is 2. The molecule has 142 valence electrons. The molecule has 4 N–H and O–H groups in total. The van der Waals surface area contributed by atoms with Gasteiger partial charge in [-0.25, -0.2) is 4.68 Å². The summed E-state index contributed by atoms with van der Waals surface area (Å²) in [7, 11) is 1.54. The molecule has 1 aromatic heterocycles. The molecule has 0 radical (unpaired) electrons. The molecule has 1 saturated heterocycles. The SMILES string of the molecule is Cn1nc(C(=O)N2CCN(/C(N)=C(Cl)/C=C\N)CC2)c2ccccc2c1=O. The van der Waals surface area contributed by atoms with Crippen LogP contribution in [0.3, 0.4) is 0 Å². The highest BCUT2D eigenvalue weighted by Gasteiger charge is 2.26. The Kier molecular flexibility index (Phi) is 5.36. The predicted molar refractivity (Wildman–Crippen MR) is 105 cm³/mol. The summed E-state index contributed by atoms with van der Waals surface area (Å²) in [6.45, 7) is 2.01. The summed E-state index contributed by atoms with van der Waals surface area (Å²) in [4.78, 5) is 28.9. The number of aromatic nitrogens is 2. The maximum atomic E-state index is 13.0. The third-order valence-electron chi connectivity index (χ3n) is 4.55. The lowest BCUT2D eigenvalue weighted by Crippen LogP contribution is -2.49. The zero-order valence-corrected chi connectivity index (χ0v) is 15.7. The van der Waals surface area contributed by atoms with E-state index in [1.807, 2.05) is 4.90 Å². The van der Waals surface area contributed by atoms with Gasteiger partial charge in [-0.15, -0.1) is 0 Å². The molecular formula is C18H21ClN6O2. The van der Waals surface area contributed by atoms with Crippen molar-refractivity contribution in [2.24, 2.45) is 18.5 Å². The van der Waals surface area contributed by atoms with Gasteiger partial charge in [0, 0.05) is 38.6 Å².